The van der Waals surface area contributed by atoms with E-state index >= 15 is 0 Å². The van der Waals surface area contributed by atoms with Crippen LogP contribution in [0.3, 0.4) is 0 Å². The van der Waals surface area contributed by atoms with Crippen LogP contribution in [0.4, 0.5) is 8.78 Å². The molecule has 0 aromatic heterocycles. The molecule has 1 atom stereocenters. The Labute approximate surface area is 117 Å². The number of nitriles is 1. The van der Waals surface area contributed by atoms with E-state index < -0.39 is 17.6 Å². The Morgan fingerprint density at radius 3 is 2.65 bits per heavy atom. The zero-order chi connectivity index (χ0) is 14.5. The first-order valence-electron chi connectivity index (χ1n) is 6.99. The normalized spacial score (nSPS) is 16.9. The van der Waals surface area contributed by atoms with Gasteiger partial charge in [-0.15, -0.1) is 0 Å². The van der Waals surface area contributed by atoms with Crippen LogP contribution in [0.25, 0.3) is 0 Å². The van der Waals surface area contributed by atoms with Gasteiger partial charge < -0.3 is 0 Å². The molecule has 20 heavy (non-hydrogen) atoms. The lowest BCUT2D eigenvalue weighted by Gasteiger charge is -2.12. The molecule has 2 rings (SSSR count). The topological polar surface area (TPSA) is 40.9 Å². The predicted molar refractivity (Wildman–Crippen MR) is 70.9 cm³/mol. The van der Waals surface area contributed by atoms with Crippen LogP contribution in [-0.2, 0) is 4.79 Å². The second-order valence-electron chi connectivity index (χ2n) is 5.38. The summed E-state index contributed by atoms with van der Waals surface area (Å²) in [6.45, 7) is 0. The van der Waals surface area contributed by atoms with Gasteiger partial charge in [0.1, 0.15) is 17.6 Å². The maximum atomic E-state index is 13.6. The van der Waals surface area contributed by atoms with Gasteiger partial charge in [-0.25, -0.2) is 8.78 Å². The van der Waals surface area contributed by atoms with Gasteiger partial charge in [0.05, 0.1) is 6.07 Å². The van der Waals surface area contributed by atoms with Crippen molar-refractivity contribution in [3.63, 3.8) is 0 Å². The van der Waals surface area contributed by atoms with Crippen molar-refractivity contribution in [1.29, 1.82) is 5.26 Å². The Bertz CT molecular complexity index is 530. The fraction of sp³-hybridized carbons (Fsp3) is 0.500. The minimum absolute atomic E-state index is 0.0229. The molecular formula is C16H17F2NO. The van der Waals surface area contributed by atoms with E-state index in [0.717, 1.165) is 25.3 Å². The number of carbonyl (C=O) groups is 1. The summed E-state index contributed by atoms with van der Waals surface area (Å²) < 4.78 is 26.5. The first-order chi connectivity index (χ1) is 9.61. The molecule has 1 aromatic rings. The maximum absolute atomic E-state index is 13.6. The third-order valence-corrected chi connectivity index (χ3v) is 4.00. The molecule has 1 saturated carbocycles. The molecule has 0 heterocycles. The van der Waals surface area contributed by atoms with Crippen LogP contribution in [0.15, 0.2) is 18.2 Å². The van der Waals surface area contributed by atoms with E-state index in [1.807, 2.05) is 6.07 Å². The molecule has 1 aromatic carbocycles. The molecule has 0 aliphatic heterocycles. The summed E-state index contributed by atoms with van der Waals surface area (Å²) in [7, 11) is 0. The fourth-order valence-electron chi connectivity index (χ4n) is 2.84. The number of hydrogen-bond donors (Lipinski definition) is 0. The summed E-state index contributed by atoms with van der Waals surface area (Å²) >= 11 is 0. The van der Waals surface area contributed by atoms with Gasteiger partial charge in [-0.05, 0) is 18.4 Å². The fourth-order valence-corrected chi connectivity index (χ4v) is 2.84. The summed E-state index contributed by atoms with van der Waals surface area (Å²) in [5, 5.41) is 9.10. The summed E-state index contributed by atoms with van der Waals surface area (Å²) in [4.78, 5) is 12.1. The van der Waals surface area contributed by atoms with Crippen LogP contribution in [0.2, 0.25) is 0 Å². The number of benzene rings is 1. The molecule has 1 fully saturated rings. The van der Waals surface area contributed by atoms with Crippen molar-refractivity contribution in [1.82, 2.24) is 0 Å². The predicted octanol–water partition coefficient (Wildman–Crippen LogP) is 4.11. The Morgan fingerprint density at radius 2 is 2.05 bits per heavy atom. The van der Waals surface area contributed by atoms with Crippen molar-refractivity contribution in [3.05, 3.63) is 35.4 Å². The van der Waals surface area contributed by atoms with Gasteiger partial charge in [-0.3, -0.25) is 4.79 Å². The largest absolute Gasteiger partial charge is 0.298 e. The Kier molecular flexibility index (Phi) is 4.84. The molecule has 0 amide bonds. The third kappa shape index (κ3) is 3.41. The average molecular weight is 277 g/mol. The van der Waals surface area contributed by atoms with Crippen LogP contribution in [0, 0.1) is 28.9 Å². The van der Waals surface area contributed by atoms with Crippen LogP contribution < -0.4 is 0 Å². The molecule has 106 valence electrons. The molecule has 1 aliphatic carbocycles. The number of Topliss-reactive ketones (excluding diaryl/α,β-unsaturated/α-hetero) is 1. The standard InChI is InChI=1S/C16H17F2NO/c17-12-6-7-13(15(18)9-12)14(10-19)16(20)8-5-11-3-1-2-4-11/h6-7,9,11,14H,1-5,8H2. The zero-order valence-electron chi connectivity index (χ0n) is 11.2. The van der Waals surface area contributed by atoms with Crippen LogP contribution in [-0.4, -0.2) is 5.78 Å². The van der Waals surface area contributed by atoms with E-state index in [1.165, 1.54) is 18.9 Å². The minimum atomic E-state index is -1.13. The van der Waals surface area contributed by atoms with Crippen LogP contribution in [0.1, 0.15) is 50.0 Å². The minimum Gasteiger partial charge on any atom is -0.298 e. The molecule has 0 saturated heterocycles. The number of hydrogen-bond acceptors (Lipinski definition) is 2. The lowest BCUT2D eigenvalue weighted by atomic mass is 9.90. The van der Waals surface area contributed by atoms with Crippen molar-refractivity contribution in [2.75, 3.05) is 0 Å². The lowest BCUT2D eigenvalue weighted by molar-refractivity contribution is -0.119. The van der Waals surface area contributed by atoms with Gasteiger partial charge in [-0.2, -0.15) is 5.26 Å². The average Bonchev–Trinajstić information content (AvgIpc) is 2.93. The molecule has 1 aliphatic rings. The van der Waals surface area contributed by atoms with E-state index in [2.05, 4.69) is 0 Å². The Balaban J connectivity index is 2.03. The summed E-state index contributed by atoms with van der Waals surface area (Å²) in [6, 6.07) is 4.82. The van der Waals surface area contributed by atoms with E-state index in [9.17, 15) is 13.6 Å². The van der Waals surface area contributed by atoms with Crippen LogP contribution in [0.5, 0.6) is 0 Å². The van der Waals surface area contributed by atoms with Gasteiger partial charge in [0, 0.05) is 18.1 Å². The second kappa shape index (κ2) is 6.60. The van der Waals surface area contributed by atoms with Crippen molar-refractivity contribution in [2.45, 2.75) is 44.4 Å². The number of nitrogens with zero attached hydrogens (tertiary/aromatic N) is 1. The highest BCUT2D eigenvalue weighted by molar-refractivity contribution is 5.88. The monoisotopic (exact) mass is 277 g/mol. The molecule has 1 unspecified atom stereocenters. The van der Waals surface area contributed by atoms with Gasteiger partial charge in [-0.1, -0.05) is 31.7 Å². The highest BCUT2D eigenvalue weighted by Gasteiger charge is 2.25. The smallest absolute Gasteiger partial charge is 0.154 e. The van der Waals surface area contributed by atoms with E-state index in [1.54, 1.807) is 0 Å². The molecule has 0 bridgehead atoms. The number of carbonyl (C=O) groups excluding carboxylic acids is 1. The van der Waals surface area contributed by atoms with Crippen molar-refractivity contribution >= 4 is 5.78 Å². The summed E-state index contributed by atoms with van der Waals surface area (Å²) in [6.07, 6.45) is 5.73. The summed E-state index contributed by atoms with van der Waals surface area (Å²) in [5.41, 5.74) is -0.0229. The van der Waals surface area contributed by atoms with E-state index in [0.29, 0.717) is 18.4 Å². The first-order valence-corrected chi connectivity index (χ1v) is 6.99. The Morgan fingerprint density at radius 1 is 1.35 bits per heavy atom. The quantitative estimate of drug-likeness (QED) is 0.812. The lowest BCUT2D eigenvalue weighted by Crippen LogP contribution is -2.13. The second-order valence-corrected chi connectivity index (χ2v) is 5.38. The highest BCUT2D eigenvalue weighted by Crippen LogP contribution is 2.30. The van der Waals surface area contributed by atoms with Crippen molar-refractivity contribution in [3.8, 4) is 6.07 Å². The van der Waals surface area contributed by atoms with Crippen molar-refractivity contribution < 1.29 is 13.6 Å². The maximum Gasteiger partial charge on any atom is 0.154 e. The Hall–Kier alpha value is -1.76. The molecule has 2 nitrogen and oxygen atoms in total. The molecule has 0 N–H and O–H groups in total. The van der Waals surface area contributed by atoms with Gasteiger partial charge >= 0.3 is 0 Å². The van der Waals surface area contributed by atoms with Gasteiger partial charge in [0.15, 0.2) is 5.78 Å². The number of rotatable bonds is 5. The van der Waals surface area contributed by atoms with Gasteiger partial charge in [0.25, 0.3) is 0 Å². The zero-order valence-corrected chi connectivity index (χ0v) is 11.2. The number of ketones is 1. The first kappa shape index (κ1) is 14.6. The van der Waals surface area contributed by atoms with Crippen LogP contribution >= 0.6 is 0 Å². The van der Waals surface area contributed by atoms with Gasteiger partial charge in [0.2, 0.25) is 0 Å². The molecule has 0 spiro atoms. The van der Waals surface area contributed by atoms with E-state index in [4.69, 9.17) is 5.26 Å². The SMILES string of the molecule is N#CC(C(=O)CCC1CCCC1)c1ccc(F)cc1F. The molecule has 0 radical (unpaired) electrons. The summed E-state index contributed by atoms with van der Waals surface area (Å²) in [5.74, 6) is -2.38. The molecular weight excluding hydrogens is 260 g/mol. The molecule has 4 heteroatoms. The third-order valence-electron chi connectivity index (χ3n) is 4.00. The highest BCUT2D eigenvalue weighted by atomic mass is 19.1. The number of halogens is 2. The van der Waals surface area contributed by atoms with E-state index in [-0.39, 0.29) is 11.3 Å². The van der Waals surface area contributed by atoms with Crippen molar-refractivity contribution in [2.24, 2.45) is 5.92 Å².